The average molecular weight is 265 g/mol. The van der Waals surface area contributed by atoms with Crippen LogP contribution in [0.15, 0.2) is 4.79 Å². The van der Waals surface area contributed by atoms with Gasteiger partial charge in [-0.15, -0.1) is 0 Å². The molecule has 6 heteroatoms. The van der Waals surface area contributed by atoms with Crippen LogP contribution in [0, 0.1) is 13.8 Å². The van der Waals surface area contributed by atoms with Crippen LogP contribution in [0.2, 0.25) is 0 Å². The van der Waals surface area contributed by atoms with Crippen molar-refractivity contribution in [3.63, 3.8) is 0 Å². The molecule has 0 unspecified atom stereocenters. The molecular weight excluding hydrogens is 246 g/mol. The van der Waals surface area contributed by atoms with E-state index in [1.165, 1.54) is 16.6 Å². The topological polar surface area (TPSA) is 75.4 Å². The van der Waals surface area contributed by atoms with Crippen molar-refractivity contribution in [3.05, 3.63) is 27.2 Å². The van der Waals surface area contributed by atoms with E-state index in [-0.39, 0.29) is 30.1 Å². The van der Waals surface area contributed by atoms with Gasteiger partial charge in [0.25, 0.3) is 11.5 Å². The highest BCUT2D eigenvalue weighted by atomic mass is 16.3. The van der Waals surface area contributed by atoms with Crippen LogP contribution in [-0.2, 0) is 7.05 Å². The largest absolute Gasteiger partial charge is 0.386 e. The molecule has 0 radical (unpaired) electrons. The van der Waals surface area contributed by atoms with Crippen molar-refractivity contribution in [1.29, 1.82) is 0 Å². The minimum Gasteiger partial charge on any atom is -0.386 e. The number of aliphatic hydroxyl groups is 1. The third-order valence-electron chi connectivity index (χ3n) is 3.86. The smallest absolute Gasteiger partial charge is 0.279 e. The molecule has 104 valence electrons. The van der Waals surface area contributed by atoms with Gasteiger partial charge in [0.15, 0.2) is 0 Å². The Hall–Kier alpha value is -1.69. The van der Waals surface area contributed by atoms with Gasteiger partial charge in [-0.1, -0.05) is 6.92 Å². The fourth-order valence-corrected chi connectivity index (χ4v) is 2.29. The van der Waals surface area contributed by atoms with Crippen LogP contribution >= 0.6 is 0 Å². The van der Waals surface area contributed by atoms with Gasteiger partial charge in [0.1, 0.15) is 5.56 Å². The molecule has 0 spiro atoms. The molecular formula is C13H19N3O3. The highest BCUT2D eigenvalue weighted by Gasteiger charge is 2.43. The van der Waals surface area contributed by atoms with Crippen LogP contribution in [0.3, 0.4) is 0 Å². The van der Waals surface area contributed by atoms with Crippen LogP contribution in [-0.4, -0.2) is 44.4 Å². The van der Waals surface area contributed by atoms with Crippen molar-refractivity contribution in [2.24, 2.45) is 7.05 Å². The molecule has 2 heterocycles. The predicted octanol–water partition coefficient (Wildman–Crippen LogP) is -0.00596. The van der Waals surface area contributed by atoms with E-state index in [1.807, 2.05) is 6.92 Å². The third kappa shape index (κ3) is 2.16. The zero-order valence-corrected chi connectivity index (χ0v) is 11.7. The van der Waals surface area contributed by atoms with Gasteiger partial charge in [-0.3, -0.25) is 9.59 Å². The molecule has 0 atom stereocenters. The maximum Gasteiger partial charge on any atom is 0.279 e. The standard InChI is InChI=1S/C13H19N3O3/c1-5-13(19)6-16(7-13)12(18)10-8(2)9(3)14-15(4)11(10)17/h19H,5-7H2,1-4H3. The van der Waals surface area contributed by atoms with Gasteiger partial charge in [0.05, 0.1) is 24.4 Å². The molecule has 2 rings (SSSR count). The summed E-state index contributed by atoms with van der Waals surface area (Å²) in [5.41, 5.74) is 0.251. The van der Waals surface area contributed by atoms with Crippen LogP contribution in [0.25, 0.3) is 0 Å². The van der Waals surface area contributed by atoms with E-state index in [0.717, 1.165) is 0 Å². The molecule has 6 nitrogen and oxygen atoms in total. The summed E-state index contributed by atoms with van der Waals surface area (Å²) in [4.78, 5) is 25.9. The van der Waals surface area contributed by atoms with Gasteiger partial charge >= 0.3 is 0 Å². The number of rotatable bonds is 2. The molecule has 0 aliphatic carbocycles. The van der Waals surface area contributed by atoms with E-state index in [4.69, 9.17) is 0 Å². The quantitative estimate of drug-likeness (QED) is 0.816. The zero-order valence-electron chi connectivity index (χ0n) is 11.7. The van der Waals surface area contributed by atoms with Crippen LogP contribution in [0.5, 0.6) is 0 Å². The summed E-state index contributed by atoms with van der Waals surface area (Å²) >= 11 is 0. The van der Waals surface area contributed by atoms with Gasteiger partial charge in [0.2, 0.25) is 0 Å². The fraction of sp³-hybridized carbons (Fsp3) is 0.615. The van der Waals surface area contributed by atoms with Crippen LogP contribution in [0.4, 0.5) is 0 Å². The van der Waals surface area contributed by atoms with E-state index in [2.05, 4.69) is 5.10 Å². The van der Waals surface area contributed by atoms with Crippen molar-refractivity contribution in [3.8, 4) is 0 Å². The molecule has 1 aromatic rings. The van der Waals surface area contributed by atoms with Crippen molar-refractivity contribution in [1.82, 2.24) is 14.7 Å². The predicted molar refractivity (Wildman–Crippen MR) is 70.1 cm³/mol. The first-order chi connectivity index (χ1) is 8.79. The number of nitrogens with zero attached hydrogens (tertiary/aromatic N) is 3. The number of hydrogen-bond acceptors (Lipinski definition) is 4. The summed E-state index contributed by atoms with van der Waals surface area (Å²) in [7, 11) is 1.53. The molecule has 1 aromatic heterocycles. The Morgan fingerprint density at radius 1 is 1.42 bits per heavy atom. The normalized spacial score (nSPS) is 17.2. The van der Waals surface area contributed by atoms with Gasteiger partial charge in [-0.2, -0.15) is 5.10 Å². The molecule has 1 aliphatic heterocycles. The van der Waals surface area contributed by atoms with Crippen molar-refractivity contribution < 1.29 is 9.90 Å². The lowest BCUT2D eigenvalue weighted by atomic mass is 9.90. The van der Waals surface area contributed by atoms with Crippen molar-refractivity contribution >= 4 is 5.91 Å². The third-order valence-corrected chi connectivity index (χ3v) is 3.86. The minimum absolute atomic E-state index is 0.160. The molecule has 1 amide bonds. The van der Waals surface area contributed by atoms with Crippen LogP contribution in [0.1, 0.15) is 35.0 Å². The van der Waals surface area contributed by atoms with E-state index >= 15 is 0 Å². The molecule has 1 aliphatic rings. The lowest BCUT2D eigenvalue weighted by molar-refractivity contribution is -0.0827. The first-order valence-electron chi connectivity index (χ1n) is 6.35. The number of carbonyl (C=O) groups is 1. The Labute approximate surface area is 111 Å². The fourth-order valence-electron chi connectivity index (χ4n) is 2.29. The van der Waals surface area contributed by atoms with Gasteiger partial charge in [0, 0.05) is 7.05 Å². The summed E-state index contributed by atoms with van der Waals surface area (Å²) in [6, 6.07) is 0. The summed E-state index contributed by atoms with van der Waals surface area (Å²) in [6.07, 6.45) is 0.600. The van der Waals surface area contributed by atoms with Crippen molar-refractivity contribution in [2.75, 3.05) is 13.1 Å². The molecule has 0 saturated carbocycles. The number of carbonyl (C=O) groups excluding carboxylic acids is 1. The SMILES string of the molecule is CCC1(O)CN(C(=O)c2c(C)c(C)nn(C)c2=O)C1. The second kappa shape index (κ2) is 4.45. The highest BCUT2D eigenvalue weighted by Crippen LogP contribution is 2.25. The Balaban J connectivity index is 2.34. The lowest BCUT2D eigenvalue weighted by Crippen LogP contribution is -2.63. The Kier molecular flexibility index (Phi) is 3.22. The Morgan fingerprint density at radius 3 is 2.53 bits per heavy atom. The molecule has 1 saturated heterocycles. The molecule has 1 N–H and O–H groups in total. The number of aromatic nitrogens is 2. The average Bonchev–Trinajstić information content (AvgIpc) is 2.32. The maximum absolute atomic E-state index is 12.4. The first-order valence-corrected chi connectivity index (χ1v) is 6.35. The van der Waals surface area contributed by atoms with Crippen molar-refractivity contribution in [2.45, 2.75) is 32.8 Å². The highest BCUT2D eigenvalue weighted by molar-refractivity contribution is 5.96. The first kappa shape index (κ1) is 13.7. The zero-order chi connectivity index (χ0) is 14.4. The molecule has 1 fully saturated rings. The summed E-state index contributed by atoms with van der Waals surface area (Å²) in [5, 5.41) is 14.0. The Morgan fingerprint density at radius 2 is 2.00 bits per heavy atom. The molecule has 19 heavy (non-hydrogen) atoms. The monoisotopic (exact) mass is 265 g/mol. The van der Waals surface area contributed by atoms with Gasteiger partial charge in [-0.05, 0) is 25.8 Å². The van der Waals surface area contributed by atoms with Gasteiger partial charge in [-0.25, -0.2) is 4.68 Å². The van der Waals surface area contributed by atoms with E-state index in [0.29, 0.717) is 17.7 Å². The molecule has 0 bridgehead atoms. The van der Waals surface area contributed by atoms with E-state index < -0.39 is 5.60 Å². The van der Waals surface area contributed by atoms with Crippen LogP contribution < -0.4 is 5.56 Å². The second-order valence-electron chi connectivity index (χ2n) is 5.25. The van der Waals surface area contributed by atoms with E-state index in [1.54, 1.807) is 13.8 Å². The molecule has 0 aromatic carbocycles. The summed E-state index contributed by atoms with van der Waals surface area (Å²) < 4.78 is 1.18. The maximum atomic E-state index is 12.4. The Bertz CT molecular complexity index is 586. The van der Waals surface area contributed by atoms with Gasteiger partial charge < -0.3 is 10.0 Å². The minimum atomic E-state index is -0.795. The second-order valence-corrected chi connectivity index (χ2v) is 5.25. The number of aryl methyl sites for hydroxylation is 2. The summed E-state index contributed by atoms with van der Waals surface area (Å²) in [5.74, 6) is -0.318. The summed E-state index contributed by atoms with van der Waals surface area (Å²) in [6.45, 7) is 5.94. The number of amides is 1. The number of β-amino-alcohol motifs (C(OH)–C–C–N with tert-alkyl or cyclic N) is 1. The number of hydrogen-bond donors (Lipinski definition) is 1. The lowest BCUT2D eigenvalue weighted by Gasteiger charge is -2.46. The number of likely N-dealkylation sites (tertiary alicyclic amines) is 1. The van der Waals surface area contributed by atoms with E-state index in [9.17, 15) is 14.7 Å².